The van der Waals surface area contributed by atoms with Gasteiger partial charge in [0.15, 0.2) is 6.10 Å². The van der Waals surface area contributed by atoms with Crippen LogP contribution in [0.25, 0.3) is 0 Å². The average molecular weight is 178 g/mol. The number of rotatable bonds is 1. The highest BCUT2D eigenvalue weighted by Gasteiger charge is 2.38. The molecule has 0 saturated carbocycles. The van der Waals surface area contributed by atoms with E-state index in [1.54, 1.807) is 0 Å². The Morgan fingerprint density at radius 3 is 2.62 bits per heavy atom. The normalized spacial score (nSPS) is 24.5. The summed E-state index contributed by atoms with van der Waals surface area (Å²) in [4.78, 5) is 10.7. The van der Waals surface area contributed by atoms with Crippen molar-refractivity contribution in [3.05, 3.63) is 35.4 Å². The topological polar surface area (TPSA) is 46.5 Å². The van der Waals surface area contributed by atoms with Crippen molar-refractivity contribution >= 4 is 5.97 Å². The fourth-order valence-electron chi connectivity index (χ4n) is 1.58. The number of hydrogen-bond donors (Lipinski definition) is 1. The Bertz CT molecular complexity index is 346. The van der Waals surface area contributed by atoms with E-state index in [0.29, 0.717) is 0 Å². The van der Waals surface area contributed by atoms with Gasteiger partial charge in [0.05, 0.1) is 0 Å². The second-order valence-corrected chi connectivity index (χ2v) is 3.10. The van der Waals surface area contributed by atoms with Gasteiger partial charge in [0.25, 0.3) is 0 Å². The van der Waals surface area contributed by atoms with E-state index in [1.807, 2.05) is 24.3 Å². The summed E-state index contributed by atoms with van der Waals surface area (Å²) in [5.41, 5.74) is 1.76. The van der Waals surface area contributed by atoms with Gasteiger partial charge in [0, 0.05) is 12.5 Å². The lowest BCUT2D eigenvalue weighted by atomic mass is 9.82. The van der Waals surface area contributed by atoms with E-state index in [9.17, 15) is 9.90 Å². The molecule has 68 valence electrons. The van der Waals surface area contributed by atoms with Gasteiger partial charge in [-0.3, -0.25) is 4.79 Å². The van der Waals surface area contributed by atoms with Crippen LogP contribution in [0.1, 0.15) is 30.3 Å². The quantitative estimate of drug-likeness (QED) is 0.660. The molecule has 1 aromatic rings. The zero-order valence-corrected chi connectivity index (χ0v) is 7.23. The molecule has 0 saturated heterocycles. The molecular formula is C10H10O3. The molecule has 0 amide bonds. The summed E-state index contributed by atoms with van der Waals surface area (Å²) < 4.78 is 4.94. The number of hydrogen-bond acceptors (Lipinski definition) is 3. The standard InChI is InChI=1S/C10H10O3/c1-6(11)13-10-8-5-3-2-4-7(8)9(10)12/h2-5,9-10,12H,1H3/t9-,10+/m1/s1. The number of carbonyl (C=O) groups excluding carboxylic acids is 1. The second kappa shape index (κ2) is 2.85. The minimum Gasteiger partial charge on any atom is -0.454 e. The summed E-state index contributed by atoms with van der Waals surface area (Å²) in [6.45, 7) is 1.34. The highest BCUT2D eigenvalue weighted by atomic mass is 16.6. The third-order valence-corrected chi connectivity index (χ3v) is 2.20. The largest absolute Gasteiger partial charge is 0.454 e. The van der Waals surface area contributed by atoms with Crippen LogP contribution in [-0.4, -0.2) is 11.1 Å². The average Bonchev–Trinajstić information content (AvgIpc) is 2.13. The maximum absolute atomic E-state index is 10.7. The van der Waals surface area contributed by atoms with Crippen molar-refractivity contribution in [1.29, 1.82) is 0 Å². The van der Waals surface area contributed by atoms with E-state index in [1.165, 1.54) is 6.92 Å². The summed E-state index contributed by atoms with van der Waals surface area (Å²) in [6, 6.07) is 7.41. The molecule has 0 fully saturated rings. The minimum absolute atomic E-state index is 0.362. The maximum atomic E-state index is 10.7. The monoisotopic (exact) mass is 178 g/mol. The van der Waals surface area contributed by atoms with Crippen molar-refractivity contribution in [2.75, 3.05) is 0 Å². The van der Waals surface area contributed by atoms with Gasteiger partial charge in [-0.15, -0.1) is 0 Å². The number of esters is 1. The molecule has 13 heavy (non-hydrogen) atoms. The van der Waals surface area contributed by atoms with Crippen LogP contribution in [0.3, 0.4) is 0 Å². The van der Waals surface area contributed by atoms with Crippen LogP contribution in [0.4, 0.5) is 0 Å². The molecule has 1 aliphatic carbocycles. The van der Waals surface area contributed by atoms with Gasteiger partial charge < -0.3 is 9.84 Å². The van der Waals surface area contributed by atoms with E-state index in [-0.39, 0.29) is 5.97 Å². The molecule has 1 aromatic carbocycles. The number of carbonyl (C=O) groups is 1. The first-order chi connectivity index (χ1) is 6.20. The summed E-state index contributed by atoms with van der Waals surface area (Å²) in [6.07, 6.45) is -1.12. The lowest BCUT2D eigenvalue weighted by molar-refractivity contribution is -0.156. The third kappa shape index (κ3) is 1.21. The minimum atomic E-state index is -0.653. The first-order valence-electron chi connectivity index (χ1n) is 4.14. The zero-order valence-electron chi connectivity index (χ0n) is 7.23. The third-order valence-electron chi connectivity index (χ3n) is 2.20. The molecule has 1 aliphatic rings. The highest BCUT2D eigenvalue weighted by Crippen LogP contribution is 2.45. The first kappa shape index (κ1) is 8.26. The van der Waals surface area contributed by atoms with Gasteiger partial charge in [-0.25, -0.2) is 0 Å². The fraction of sp³-hybridized carbons (Fsp3) is 0.300. The fourth-order valence-corrected chi connectivity index (χ4v) is 1.58. The van der Waals surface area contributed by atoms with Gasteiger partial charge in [-0.2, -0.15) is 0 Å². The summed E-state index contributed by atoms with van der Waals surface area (Å²) in [5, 5.41) is 9.53. The maximum Gasteiger partial charge on any atom is 0.303 e. The van der Waals surface area contributed by atoms with Crippen LogP contribution in [-0.2, 0) is 9.53 Å². The molecule has 0 aromatic heterocycles. The van der Waals surface area contributed by atoms with Crippen molar-refractivity contribution < 1.29 is 14.6 Å². The predicted molar refractivity (Wildman–Crippen MR) is 45.9 cm³/mol. The Morgan fingerprint density at radius 1 is 1.38 bits per heavy atom. The predicted octanol–water partition coefficient (Wildman–Crippen LogP) is 1.34. The molecule has 0 heterocycles. The molecule has 0 radical (unpaired) electrons. The number of aliphatic hydroxyl groups is 1. The number of aliphatic hydroxyl groups excluding tert-OH is 1. The smallest absolute Gasteiger partial charge is 0.303 e. The summed E-state index contributed by atoms with van der Waals surface area (Å²) >= 11 is 0. The molecule has 2 rings (SSSR count). The molecule has 2 atom stereocenters. The van der Waals surface area contributed by atoms with Gasteiger partial charge in [0.2, 0.25) is 0 Å². The molecule has 0 unspecified atom stereocenters. The zero-order chi connectivity index (χ0) is 9.42. The van der Waals surface area contributed by atoms with E-state index < -0.39 is 12.2 Å². The van der Waals surface area contributed by atoms with Gasteiger partial charge in [0.1, 0.15) is 6.10 Å². The summed E-state index contributed by atoms with van der Waals surface area (Å²) in [5.74, 6) is -0.362. The van der Waals surface area contributed by atoms with E-state index >= 15 is 0 Å². The number of benzene rings is 1. The molecule has 0 bridgehead atoms. The molecule has 3 heteroatoms. The van der Waals surface area contributed by atoms with Crippen LogP contribution in [0.15, 0.2) is 24.3 Å². The van der Waals surface area contributed by atoms with Crippen molar-refractivity contribution in [3.63, 3.8) is 0 Å². The Balaban J connectivity index is 2.24. The van der Waals surface area contributed by atoms with Gasteiger partial charge >= 0.3 is 5.97 Å². The number of ether oxygens (including phenoxy) is 1. The van der Waals surface area contributed by atoms with E-state index in [4.69, 9.17) is 4.74 Å². The Morgan fingerprint density at radius 2 is 2.00 bits per heavy atom. The lowest BCUT2D eigenvalue weighted by Crippen LogP contribution is -2.27. The van der Waals surface area contributed by atoms with Crippen molar-refractivity contribution in [3.8, 4) is 0 Å². The molecular weight excluding hydrogens is 168 g/mol. The Labute approximate surface area is 76.0 Å². The van der Waals surface area contributed by atoms with Crippen molar-refractivity contribution in [2.45, 2.75) is 19.1 Å². The van der Waals surface area contributed by atoms with Crippen molar-refractivity contribution in [1.82, 2.24) is 0 Å². The van der Waals surface area contributed by atoms with Gasteiger partial charge in [-0.1, -0.05) is 24.3 Å². The first-order valence-corrected chi connectivity index (χ1v) is 4.14. The van der Waals surface area contributed by atoms with E-state index in [2.05, 4.69) is 0 Å². The molecule has 3 nitrogen and oxygen atoms in total. The lowest BCUT2D eigenvalue weighted by Gasteiger charge is -2.34. The summed E-state index contributed by atoms with van der Waals surface area (Å²) in [7, 11) is 0. The Hall–Kier alpha value is -1.35. The van der Waals surface area contributed by atoms with Gasteiger partial charge in [-0.05, 0) is 5.56 Å². The second-order valence-electron chi connectivity index (χ2n) is 3.10. The van der Waals surface area contributed by atoms with Crippen molar-refractivity contribution in [2.24, 2.45) is 0 Å². The van der Waals surface area contributed by atoms with Crippen LogP contribution < -0.4 is 0 Å². The molecule has 1 N–H and O–H groups in total. The van der Waals surface area contributed by atoms with Crippen LogP contribution in [0.2, 0.25) is 0 Å². The van der Waals surface area contributed by atoms with Crippen LogP contribution in [0.5, 0.6) is 0 Å². The number of fused-ring (bicyclic) bond motifs is 1. The van der Waals surface area contributed by atoms with Crippen LogP contribution >= 0.6 is 0 Å². The Kier molecular flexibility index (Phi) is 1.81. The SMILES string of the molecule is CC(=O)O[C@H]1c2ccccc2[C@H]1O. The van der Waals surface area contributed by atoms with Crippen LogP contribution in [0, 0.1) is 0 Å². The van der Waals surface area contributed by atoms with E-state index in [0.717, 1.165) is 11.1 Å². The molecule has 0 aliphatic heterocycles. The highest BCUT2D eigenvalue weighted by molar-refractivity contribution is 5.67. The molecule has 0 spiro atoms.